The molecule has 2 rings (SSSR count). The van der Waals surface area contributed by atoms with Crippen molar-refractivity contribution in [3.63, 3.8) is 0 Å². The Morgan fingerprint density at radius 3 is 2.88 bits per heavy atom. The van der Waals surface area contributed by atoms with E-state index < -0.39 is 0 Å². The van der Waals surface area contributed by atoms with Gasteiger partial charge in [0.05, 0.1) is 13.2 Å². The van der Waals surface area contributed by atoms with Gasteiger partial charge in [0, 0.05) is 37.3 Å². The van der Waals surface area contributed by atoms with Gasteiger partial charge in [-0.1, -0.05) is 13.8 Å². The Balaban J connectivity index is 0.00000338. The summed E-state index contributed by atoms with van der Waals surface area (Å²) in [6, 6.07) is 3.22. The van der Waals surface area contributed by atoms with E-state index in [0.29, 0.717) is 18.9 Å². The SMILES string of the molecule is CCNC(=NCC(C)(CC)CO)NC1CCN(c2ncccc2F)C1.I. The second kappa shape index (κ2) is 10.9. The quantitative estimate of drug-likeness (QED) is 0.318. The number of aliphatic hydroxyl groups is 1. The van der Waals surface area contributed by atoms with Crippen LogP contribution in [0.1, 0.15) is 33.6 Å². The molecule has 0 radical (unpaired) electrons. The lowest BCUT2D eigenvalue weighted by atomic mass is 9.89. The molecule has 2 unspecified atom stereocenters. The van der Waals surface area contributed by atoms with Gasteiger partial charge in [-0.2, -0.15) is 0 Å². The lowest BCUT2D eigenvalue weighted by Gasteiger charge is -2.24. The maximum absolute atomic E-state index is 13.9. The van der Waals surface area contributed by atoms with Gasteiger partial charge in [-0.15, -0.1) is 24.0 Å². The zero-order valence-electron chi connectivity index (χ0n) is 15.8. The second-order valence-corrected chi connectivity index (χ2v) is 6.90. The van der Waals surface area contributed by atoms with Crippen LogP contribution in [0.25, 0.3) is 0 Å². The largest absolute Gasteiger partial charge is 0.396 e. The van der Waals surface area contributed by atoms with Crippen LogP contribution in [0.4, 0.5) is 10.2 Å². The summed E-state index contributed by atoms with van der Waals surface area (Å²) in [4.78, 5) is 10.7. The number of nitrogens with one attached hydrogen (secondary N) is 2. The molecule has 0 aromatic carbocycles. The molecule has 1 aromatic rings. The number of aliphatic imine (C=N–C) groups is 1. The highest BCUT2D eigenvalue weighted by Crippen LogP contribution is 2.21. The zero-order valence-corrected chi connectivity index (χ0v) is 18.2. The molecule has 2 atom stereocenters. The molecule has 26 heavy (non-hydrogen) atoms. The van der Waals surface area contributed by atoms with Crippen molar-refractivity contribution < 1.29 is 9.50 Å². The van der Waals surface area contributed by atoms with E-state index in [0.717, 1.165) is 31.9 Å². The Morgan fingerprint density at radius 1 is 1.50 bits per heavy atom. The lowest BCUT2D eigenvalue weighted by molar-refractivity contribution is 0.145. The van der Waals surface area contributed by atoms with Crippen LogP contribution >= 0.6 is 24.0 Å². The molecule has 8 heteroatoms. The average Bonchev–Trinajstić information content (AvgIpc) is 3.08. The van der Waals surface area contributed by atoms with E-state index in [-0.39, 0.29) is 47.9 Å². The number of hydrogen-bond donors (Lipinski definition) is 3. The summed E-state index contributed by atoms with van der Waals surface area (Å²) < 4.78 is 13.9. The van der Waals surface area contributed by atoms with Gasteiger partial charge in [0.2, 0.25) is 0 Å². The Bertz CT molecular complexity index is 582. The number of nitrogens with zero attached hydrogens (tertiary/aromatic N) is 3. The molecule has 0 spiro atoms. The van der Waals surface area contributed by atoms with E-state index in [1.807, 2.05) is 18.7 Å². The maximum atomic E-state index is 13.9. The maximum Gasteiger partial charge on any atom is 0.191 e. The van der Waals surface area contributed by atoms with Crippen LogP contribution in [0.2, 0.25) is 0 Å². The Morgan fingerprint density at radius 2 is 2.27 bits per heavy atom. The molecule has 148 valence electrons. The minimum atomic E-state index is -0.287. The topological polar surface area (TPSA) is 72.8 Å². The van der Waals surface area contributed by atoms with Crippen molar-refractivity contribution >= 4 is 35.8 Å². The standard InChI is InChI=1S/C18H30FN5O.HI/c1-4-18(3,13-25)12-22-17(20-5-2)23-14-8-10-24(11-14)16-15(19)7-6-9-21-16;/h6-7,9,14,25H,4-5,8,10-13H2,1-3H3,(H2,20,22,23);1H. The minimum Gasteiger partial charge on any atom is -0.396 e. The molecular formula is C18H31FIN5O. The highest BCUT2D eigenvalue weighted by Gasteiger charge is 2.26. The second-order valence-electron chi connectivity index (χ2n) is 6.90. The molecule has 2 heterocycles. The van der Waals surface area contributed by atoms with E-state index >= 15 is 0 Å². The molecule has 1 saturated heterocycles. The minimum absolute atomic E-state index is 0. The average molecular weight is 479 g/mol. The number of pyridine rings is 1. The number of guanidine groups is 1. The van der Waals surface area contributed by atoms with Gasteiger partial charge in [-0.3, -0.25) is 4.99 Å². The van der Waals surface area contributed by atoms with Crippen molar-refractivity contribution in [2.75, 3.05) is 37.7 Å². The summed E-state index contributed by atoms with van der Waals surface area (Å²) >= 11 is 0. The van der Waals surface area contributed by atoms with Crippen LogP contribution in [0.5, 0.6) is 0 Å². The molecular weight excluding hydrogens is 448 g/mol. The third kappa shape index (κ3) is 6.22. The van der Waals surface area contributed by atoms with Crippen LogP contribution in [-0.4, -0.2) is 54.9 Å². The highest BCUT2D eigenvalue weighted by molar-refractivity contribution is 14.0. The number of rotatable bonds is 7. The Hall–Kier alpha value is -1.16. The van der Waals surface area contributed by atoms with Gasteiger partial charge in [-0.05, 0) is 31.9 Å². The molecule has 1 aliphatic rings. The molecule has 3 N–H and O–H groups in total. The molecule has 1 aromatic heterocycles. The van der Waals surface area contributed by atoms with Crippen molar-refractivity contribution in [3.05, 3.63) is 24.1 Å². The van der Waals surface area contributed by atoms with E-state index in [1.54, 1.807) is 12.3 Å². The fourth-order valence-corrected chi connectivity index (χ4v) is 2.74. The summed E-state index contributed by atoms with van der Waals surface area (Å²) in [7, 11) is 0. The van der Waals surface area contributed by atoms with Crippen LogP contribution in [-0.2, 0) is 0 Å². The van der Waals surface area contributed by atoms with Crippen LogP contribution < -0.4 is 15.5 Å². The van der Waals surface area contributed by atoms with E-state index in [2.05, 4.69) is 27.5 Å². The fourth-order valence-electron chi connectivity index (χ4n) is 2.74. The zero-order chi connectivity index (χ0) is 18.3. The van der Waals surface area contributed by atoms with Gasteiger partial charge in [-0.25, -0.2) is 9.37 Å². The first-order chi connectivity index (χ1) is 12.0. The third-order valence-corrected chi connectivity index (χ3v) is 4.77. The number of aliphatic hydroxyl groups excluding tert-OH is 1. The molecule has 0 saturated carbocycles. The molecule has 0 aliphatic carbocycles. The highest BCUT2D eigenvalue weighted by atomic mass is 127. The molecule has 1 fully saturated rings. The summed E-state index contributed by atoms with van der Waals surface area (Å²) in [6.07, 6.45) is 3.37. The summed E-state index contributed by atoms with van der Waals surface area (Å²) in [5.74, 6) is 0.863. The van der Waals surface area contributed by atoms with Crippen molar-refractivity contribution in [1.29, 1.82) is 0 Å². The van der Waals surface area contributed by atoms with E-state index in [4.69, 9.17) is 0 Å². The first-order valence-electron chi connectivity index (χ1n) is 9.02. The van der Waals surface area contributed by atoms with Crippen molar-refractivity contribution in [2.45, 2.75) is 39.7 Å². The molecule has 0 amide bonds. The van der Waals surface area contributed by atoms with Gasteiger partial charge in [0.15, 0.2) is 17.6 Å². The predicted molar refractivity (Wildman–Crippen MR) is 115 cm³/mol. The lowest BCUT2D eigenvalue weighted by Crippen LogP contribution is -2.45. The smallest absolute Gasteiger partial charge is 0.191 e. The normalized spacial score (nSPS) is 19.7. The summed E-state index contributed by atoms with van der Waals surface area (Å²) in [6.45, 7) is 8.98. The van der Waals surface area contributed by atoms with Gasteiger partial charge in [0.25, 0.3) is 0 Å². The predicted octanol–water partition coefficient (Wildman–Crippen LogP) is 2.38. The van der Waals surface area contributed by atoms with Crippen LogP contribution in [0.15, 0.2) is 23.3 Å². The van der Waals surface area contributed by atoms with Crippen LogP contribution in [0.3, 0.4) is 0 Å². The molecule has 0 bridgehead atoms. The Labute approximate surface area is 172 Å². The van der Waals surface area contributed by atoms with Crippen molar-refractivity contribution in [2.24, 2.45) is 10.4 Å². The van der Waals surface area contributed by atoms with Crippen molar-refractivity contribution in [1.82, 2.24) is 15.6 Å². The Kier molecular flexibility index (Phi) is 9.56. The molecule has 1 aliphatic heterocycles. The van der Waals surface area contributed by atoms with E-state index in [9.17, 15) is 9.50 Å². The first kappa shape index (κ1) is 22.9. The van der Waals surface area contributed by atoms with E-state index in [1.165, 1.54) is 6.07 Å². The summed E-state index contributed by atoms with van der Waals surface area (Å²) in [5, 5.41) is 16.2. The number of anilines is 1. The monoisotopic (exact) mass is 479 g/mol. The van der Waals surface area contributed by atoms with Crippen molar-refractivity contribution in [3.8, 4) is 0 Å². The molecule has 6 nitrogen and oxygen atoms in total. The fraction of sp³-hybridized carbons (Fsp3) is 0.667. The van der Waals surface area contributed by atoms with Crippen LogP contribution in [0, 0.1) is 11.2 Å². The van der Waals surface area contributed by atoms with Gasteiger partial charge >= 0.3 is 0 Å². The number of aromatic nitrogens is 1. The van der Waals surface area contributed by atoms with Gasteiger partial charge < -0.3 is 20.6 Å². The third-order valence-electron chi connectivity index (χ3n) is 4.77. The summed E-state index contributed by atoms with van der Waals surface area (Å²) in [5.41, 5.74) is -0.207. The van der Waals surface area contributed by atoms with Gasteiger partial charge in [0.1, 0.15) is 0 Å². The number of hydrogen-bond acceptors (Lipinski definition) is 4. The first-order valence-corrected chi connectivity index (χ1v) is 9.02. The number of halogens is 2.